The first-order chi connectivity index (χ1) is 8.79. The van der Waals surface area contributed by atoms with Gasteiger partial charge in [0, 0.05) is 31.9 Å². The van der Waals surface area contributed by atoms with Crippen LogP contribution in [0.4, 0.5) is 4.39 Å². The summed E-state index contributed by atoms with van der Waals surface area (Å²) in [7, 11) is 1.62. The first kappa shape index (κ1) is 15.1. The predicted octanol–water partition coefficient (Wildman–Crippen LogP) is 2.39. The quantitative estimate of drug-likeness (QED) is 0.513. The van der Waals surface area contributed by atoms with Crippen molar-refractivity contribution in [1.82, 2.24) is 4.98 Å². The zero-order valence-corrected chi connectivity index (χ0v) is 11.1. The number of methoxy groups -OCH3 is 1. The Hall–Kier alpha value is -0.910. The Bertz CT molecular complexity index is 352. The Labute approximate surface area is 111 Å². The molecular weight excluding hydrogens is 261 g/mol. The van der Waals surface area contributed by atoms with Gasteiger partial charge < -0.3 is 14.2 Å². The number of nitrogens with zero attached hydrogens (tertiary/aromatic N) is 1. The summed E-state index contributed by atoms with van der Waals surface area (Å²) in [6.07, 6.45) is 2.14. The van der Waals surface area contributed by atoms with Crippen molar-refractivity contribution in [2.24, 2.45) is 0 Å². The summed E-state index contributed by atoms with van der Waals surface area (Å²) < 4.78 is 28.9. The topological polar surface area (TPSA) is 40.6 Å². The molecule has 0 saturated carbocycles. The van der Waals surface area contributed by atoms with E-state index in [1.807, 2.05) is 0 Å². The highest BCUT2D eigenvalue weighted by Crippen LogP contribution is 2.18. The van der Waals surface area contributed by atoms with Crippen molar-refractivity contribution in [3.8, 4) is 5.88 Å². The molecule has 0 fully saturated rings. The van der Waals surface area contributed by atoms with Gasteiger partial charge in [0.1, 0.15) is 0 Å². The van der Waals surface area contributed by atoms with Crippen molar-refractivity contribution in [3.05, 3.63) is 23.6 Å². The van der Waals surface area contributed by atoms with Gasteiger partial charge in [-0.1, -0.05) is 0 Å². The van der Waals surface area contributed by atoms with Gasteiger partial charge in [0.25, 0.3) is 5.88 Å². The molecule has 1 aromatic heterocycles. The fraction of sp³-hybridized carbons (Fsp3) is 0.583. The molecule has 4 nitrogen and oxygen atoms in total. The third-order valence-electron chi connectivity index (χ3n) is 2.18. The molecule has 0 aromatic carbocycles. The van der Waals surface area contributed by atoms with E-state index in [4.69, 9.17) is 25.8 Å². The molecule has 18 heavy (non-hydrogen) atoms. The third kappa shape index (κ3) is 5.16. The van der Waals surface area contributed by atoms with E-state index in [-0.39, 0.29) is 11.8 Å². The lowest BCUT2D eigenvalue weighted by molar-refractivity contribution is 0.0639. The number of ether oxygens (including phenoxy) is 3. The maximum atomic E-state index is 13.6. The molecule has 0 unspecified atom stereocenters. The molecule has 0 aliphatic rings. The summed E-state index contributed by atoms with van der Waals surface area (Å²) in [6.45, 7) is 2.00. The molecule has 102 valence electrons. The van der Waals surface area contributed by atoms with Crippen LogP contribution in [-0.4, -0.2) is 38.5 Å². The summed E-state index contributed by atoms with van der Waals surface area (Å²) in [5.74, 6) is -0.400. The smallest absolute Gasteiger partial charge is 0.250 e. The Balaban J connectivity index is 2.23. The third-order valence-corrected chi connectivity index (χ3v) is 2.47. The number of aromatic nitrogens is 1. The zero-order chi connectivity index (χ0) is 13.2. The molecule has 1 rings (SSSR count). The second kappa shape index (κ2) is 9.08. The molecule has 0 atom stereocenters. The summed E-state index contributed by atoms with van der Waals surface area (Å²) in [6, 6.07) is 1.53. The van der Waals surface area contributed by atoms with E-state index in [9.17, 15) is 4.39 Å². The highest BCUT2D eigenvalue weighted by molar-refractivity contribution is 6.17. The van der Waals surface area contributed by atoms with Gasteiger partial charge in [0.05, 0.1) is 25.7 Å². The van der Waals surface area contributed by atoms with Crippen LogP contribution in [0.1, 0.15) is 12.0 Å². The lowest BCUT2D eigenvalue weighted by Gasteiger charge is -2.08. The van der Waals surface area contributed by atoms with Gasteiger partial charge >= 0.3 is 0 Å². The Morgan fingerprint density at radius 3 is 2.83 bits per heavy atom. The standard InChI is InChI=1S/C12H17ClFNO3/c1-16-7-8-17-5-2-6-18-12-11(14)10(9-13)3-4-15-12/h3-4H,2,5-9H2,1H3. The molecule has 0 aliphatic carbocycles. The van der Waals surface area contributed by atoms with Crippen molar-refractivity contribution in [2.45, 2.75) is 12.3 Å². The van der Waals surface area contributed by atoms with Crippen molar-refractivity contribution in [3.63, 3.8) is 0 Å². The molecule has 1 aromatic rings. The molecule has 0 amide bonds. The van der Waals surface area contributed by atoms with E-state index in [2.05, 4.69) is 4.98 Å². The predicted molar refractivity (Wildman–Crippen MR) is 66.6 cm³/mol. The first-order valence-electron chi connectivity index (χ1n) is 5.68. The van der Waals surface area contributed by atoms with E-state index >= 15 is 0 Å². The normalized spacial score (nSPS) is 10.6. The monoisotopic (exact) mass is 277 g/mol. The summed E-state index contributed by atoms with van der Waals surface area (Å²) >= 11 is 5.58. The van der Waals surface area contributed by atoms with E-state index in [0.717, 1.165) is 0 Å². The lowest BCUT2D eigenvalue weighted by atomic mass is 10.3. The number of hydrogen-bond donors (Lipinski definition) is 0. The molecule has 0 saturated heterocycles. The highest BCUT2D eigenvalue weighted by Gasteiger charge is 2.09. The van der Waals surface area contributed by atoms with Crippen LogP contribution in [0, 0.1) is 5.82 Å². The summed E-state index contributed by atoms with van der Waals surface area (Å²) in [5, 5.41) is 0. The average Bonchev–Trinajstić information content (AvgIpc) is 2.39. The Kier molecular flexibility index (Phi) is 7.64. The van der Waals surface area contributed by atoms with Crippen LogP contribution in [0.2, 0.25) is 0 Å². The van der Waals surface area contributed by atoms with Crippen LogP contribution in [0.15, 0.2) is 12.3 Å². The Morgan fingerprint density at radius 1 is 1.28 bits per heavy atom. The van der Waals surface area contributed by atoms with Crippen LogP contribution >= 0.6 is 11.6 Å². The van der Waals surface area contributed by atoms with Crippen LogP contribution < -0.4 is 4.74 Å². The molecule has 0 spiro atoms. The SMILES string of the molecule is COCCOCCCOc1nccc(CCl)c1F. The molecule has 1 heterocycles. The molecule has 0 radical (unpaired) electrons. The number of alkyl halides is 1. The van der Waals surface area contributed by atoms with Gasteiger partial charge in [-0.2, -0.15) is 0 Å². The molecule has 0 aliphatic heterocycles. The second-order valence-corrected chi connectivity index (χ2v) is 3.80. The number of rotatable bonds is 9. The molecule has 6 heteroatoms. The number of hydrogen-bond acceptors (Lipinski definition) is 4. The minimum Gasteiger partial charge on any atom is -0.475 e. The van der Waals surface area contributed by atoms with Crippen molar-refractivity contribution in [1.29, 1.82) is 0 Å². The van der Waals surface area contributed by atoms with Crippen LogP contribution in [0.3, 0.4) is 0 Å². The van der Waals surface area contributed by atoms with Crippen LogP contribution in [0.25, 0.3) is 0 Å². The van der Waals surface area contributed by atoms with Crippen LogP contribution in [0.5, 0.6) is 5.88 Å². The van der Waals surface area contributed by atoms with Crippen molar-refractivity contribution in [2.75, 3.05) is 33.5 Å². The molecule has 0 N–H and O–H groups in total. The fourth-order valence-corrected chi connectivity index (χ4v) is 1.45. The zero-order valence-electron chi connectivity index (χ0n) is 10.3. The van der Waals surface area contributed by atoms with Gasteiger partial charge in [0.2, 0.25) is 0 Å². The van der Waals surface area contributed by atoms with Gasteiger partial charge in [0.15, 0.2) is 5.82 Å². The van der Waals surface area contributed by atoms with E-state index in [1.54, 1.807) is 7.11 Å². The molecule has 0 bridgehead atoms. The minimum atomic E-state index is -0.493. The second-order valence-electron chi connectivity index (χ2n) is 3.53. The number of halogens is 2. The average molecular weight is 278 g/mol. The van der Waals surface area contributed by atoms with E-state index < -0.39 is 5.82 Å². The maximum Gasteiger partial charge on any atom is 0.250 e. The van der Waals surface area contributed by atoms with Crippen molar-refractivity contribution >= 4 is 11.6 Å². The minimum absolute atomic E-state index is 0.00922. The van der Waals surface area contributed by atoms with E-state index in [0.29, 0.717) is 38.4 Å². The van der Waals surface area contributed by atoms with Crippen LogP contribution in [-0.2, 0) is 15.4 Å². The summed E-state index contributed by atoms with van der Waals surface area (Å²) in [5.41, 5.74) is 0.387. The van der Waals surface area contributed by atoms with E-state index in [1.165, 1.54) is 12.3 Å². The lowest BCUT2D eigenvalue weighted by Crippen LogP contribution is -2.08. The van der Waals surface area contributed by atoms with Gasteiger partial charge in [-0.15, -0.1) is 11.6 Å². The van der Waals surface area contributed by atoms with Gasteiger partial charge in [-0.05, 0) is 6.07 Å². The largest absolute Gasteiger partial charge is 0.475 e. The highest BCUT2D eigenvalue weighted by atomic mass is 35.5. The van der Waals surface area contributed by atoms with Crippen molar-refractivity contribution < 1.29 is 18.6 Å². The fourth-order valence-electron chi connectivity index (χ4n) is 1.24. The summed E-state index contributed by atoms with van der Waals surface area (Å²) in [4.78, 5) is 3.82. The number of pyridine rings is 1. The van der Waals surface area contributed by atoms with Gasteiger partial charge in [-0.25, -0.2) is 9.37 Å². The van der Waals surface area contributed by atoms with Gasteiger partial charge in [-0.3, -0.25) is 0 Å². The Morgan fingerprint density at radius 2 is 2.11 bits per heavy atom. The first-order valence-corrected chi connectivity index (χ1v) is 6.22. The molecular formula is C12H17ClFNO3. The maximum absolute atomic E-state index is 13.6.